The summed E-state index contributed by atoms with van der Waals surface area (Å²) in [7, 11) is 0. The number of hydrogen-bond acceptors (Lipinski definition) is 3. The SMILES string of the molecule is CCN(CC(C)C#N)C(=O)C1(CC)CCCNC1. The van der Waals surface area contributed by atoms with E-state index in [1.54, 1.807) is 0 Å². The molecule has 0 bridgehead atoms. The predicted molar refractivity (Wildman–Crippen MR) is 71.9 cm³/mol. The second-order valence-corrected chi connectivity index (χ2v) is 5.29. The second kappa shape index (κ2) is 6.75. The van der Waals surface area contributed by atoms with Crippen molar-refractivity contribution in [3.8, 4) is 6.07 Å². The van der Waals surface area contributed by atoms with Gasteiger partial charge in [0.25, 0.3) is 0 Å². The molecule has 0 aromatic heterocycles. The van der Waals surface area contributed by atoms with Gasteiger partial charge in [-0.1, -0.05) is 6.92 Å². The van der Waals surface area contributed by atoms with Gasteiger partial charge >= 0.3 is 0 Å². The molecule has 1 N–H and O–H groups in total. The second-order valence-electron chi connectivity index (χ2n) is 5.29. The summed E-state index contributed by atoms with van der Waals surface area (Å²) in [6, 6.07) is 2.21. The first-order valence-corrected chi connectivity index (χ1v) is 6.99. The monoisotopic (exact) mass is 251 g/mol. The lowest BCUT2D eigenvalue weighted by Crippen LogP contribution is -2.52. The molecule has 1 aliphatic heterocycles. The van der Waals surface area contributed by atoms with E-state index in [0.717, 1.165) is 32.4 Å². The van der Waals surface area contributed by atoms with Crippen LogP contribution in [0.5, 0.6) is 0 Å². The van der Waals surface area contributed by atoms with Crippen LogP contribution in [0.1, 0.15) is 40.0 Å². The van der Waals surface area contributed by atoms with Gasteiger partial charge in [0, 0.05) is 19.6 Å². The number of nitrogens with one attached hydrogen (secondary N) is 1. The van der Waals surface area contributed by atoms with Crippen molar-refractivity contribution in [3.63, 3.8) is 0 Å². The molecule has 1 heterocycles. The van der Waals surface area contributed by atoms with Crippen LogP contribution in [0.2, 0.25) is 0 Å². The summed E-state index contributed by atoms with van der Waals surface area (Å²) >= 11 is 0. The maximum absolute atomic E-state index is 12.7. The average Bonchev–Trinajstić information content (AvgIpc) is 2.44. The van der Waals surface area contributed by atoms with Crippen LogP contribution in [0.3, 0.4) is 0 Å². The van der Waals surface area contributed by atoms with Gasteiger partial charge in [-0.25, -0.2) is 0 Å². The molecule has 0 radical (unpaired) electrons. The highest BCUT2D eigenvalue weighted by molar-refractivity contribution is 5.83. The fraction of sp³-hybridized carbons (Fsp3) is 0.857. The van der Waals surface area contributed by atoms with Gasteiger partial charge in [0.05, 0.1) is 17.4 Å². The molecule has 2 atom stereocenters. The lowest BCUT2D eigenvalue weighted by molar-refractivity contribution is -0.143. The Balaban J connectivity index is 2.77. The topological polar surface area (TPSA) is 56.1 Å². The Morgan fingerprint density at radius 2 is 2.28 bits per heavy atom. The minimum atomic E-state index is -0.247. The molecule has 0 spiro atoms. The molecule has 0 aliphatic carbocycles. The molecule has 4 nitrogen and oxygen atoms in total. The summed E-state index contributed by atoms with van der Waals surface area (Å²) in [5.41, 5.74) is -0.247. The molecule has 2 unspecified atom stereocenters. The van der Waals surface area contributed by atoms with E-state index in [-0.39, 0.29) is 17.2 Å². The molecule has 102 valence electrons. The van der Waals surface area contributed by atoms with Crippen molar-refractivity contribution < 1.29 is 4.79 Å². The maximum Gasteiger partial charge on any atom is 0.230 e. The predicted octanol–water partition coefficient (Wildman–Crippen LogP) is 1.77. The van der Waals surface area contributed by atoms with Crippen molar-refractivity contribution in [2.24, 2.45) is 11.3 Å². The largest absolute Gasteiger partial charge is 0.341 e. The van der Waals surface area contributed by atoms with E-state index in [0.29, 0.717) is 13.1 Å². The van der Waals surface area contributed by atoms with Crippen LogP contribution in [0, 0.1) is 22.7 Å². The van der Waals surface area contributed by atoms with Crippen molar-refractivity contribution in [2.75, 3.05) is 26.2 Å². The van der Waals surface area contributed by atoms with Crippen LogP contribution in [0.25, 0.3) is 0 Å². The number of hydrogen-bond donors (Lipinski definition) is 1. The molecule has 1 fully saturated rings. The quantitative estimate of drug-likeness (QED) is 0.810. The third kappa shape index (κ3) is 3.23. The van der Waals surface area contributed by atoms with E-state index >= 15 is 0 Å². The minimum Gasteiger partial charge on any atom is -0.341 e. The highest BCUT2D eigenvalue weighted by Gasteiger charge is 2.40. The molecule has 1 amide bonds. The zero-order valence-corrected chi connectivity index (χ0v) is 11.8. The van der Waals surface area contributed by atoms with Gasteiger partial charge in [0.1, 0.15) is 0 Å². The van der Waals surface area contributed by atoms with Crippen LogP contribution in [-0.2, 0) is 4.79 Å². The van der Waals surface area contributed by atoms with Gasteiger partial charge in [-0.05, 0) is 39.7 Å². The first kappa shape index (κ1) is 15.0. The fourth-order valence-electron chi connectivity index (χ4n) is 2.67. The summed E-state index contributed by atoms with van der Waals surface area (Å²) in [5.74, 6) is 0.126. The molecular weight excluding hydrogens is 226 g/mol. The van der Waals surface area contributed by atoms with E-state index < -0.39 is 0 Å². The van der Waals surface area contributed by atoms with Crippen molar-refractivity contribution in [3.05, 3.63) is 0 Å². The summed E-state index contributed by atoms with van der Waals surface area (Å²) < 4.78 is 0. The fourth-order valence-corrected chi connectivity index (χ4v) is 2.67. The molecule has 4 heteroatoms. The van der Waals surface area contributed by atoms with E-state index in [9.17, 15) is 4.79 Å². The molecular formula is C14H25N3O. The smallest absolute Gasteiger partial charge is 0.230 e. The van der Waals surface area contributed by atoms with Crippen LogP contribution in [-0.4, -0.2) is 37.0 Å². The number of rotatable bonds is 5. The lowest BCUT2D eigenvalue weighted by Gasteiger charge is -2.39. The average molecular weight is 251 g/mol. The van der Waals surface area contributed by atoms with Crippen LogP contribution >= 0.6 is 0 Å². The normalized spacial score (nSPS) is 25.2. The Kier molecular flexibility index (Phi) is 5.61. The lowest BCUT2D eigenvalue weighted by atomic mass is 9.77. The van der Waals surface area contributed by atoms with Crippen LogP contribution < -0.4 is 5.32 Å². The standard InChI is InChI=1S/C14H25N3O/c1-4-14(7-6-8-16-11-14)13(18)17(5-2)10-12(3)9-15/h12,16H,4-8,10-11H2,1-3H3. The minimum absolute atomic E-state index is 0.0978. The third-order valence-corrected chi connectivity index (χ3v) is 3.99. The molecule has 18 heavy (non-hydrogen) atoms. The Morgan fingerprint density at radius 3 is 2.72 bits per heavy atom. The number of amides is 1. The number of nitrogens with zero attached hydrogens (tertiary/aromatic N) is 2. The Labute approximate surface area is 110 Å². The van der Waals surface area contributed by atoms with E-state index in [4.69, 9.17) is 5.26 Å². The van der Waals surface area contributed by atoms with E-state index in [1.165, 1.54) is 0 Å². The van der Waals surface area contributed by atoms with Gasteiger partial charge in [0.15, 0.2) is 0 Å². The van der Waals surface area contributed by atoms with Crippen molar-refractivity contribution in [1.82, 2.24) is 10.2 Å². The molecule has 0 aromatic carbocycles. The van der Waals surface area contributed by atoms with Gasteiger partial charge in [-0.15, -0.1) is 0 Å². The number of piperidine rings is 1. The van der Waals surface area contributed by atoms with E-state index in [1.807, 2.05) is 18.7 Å². The summed E-state index contributed by atoms with van der Waals surface area (Å²) in [4.78, 5) is 14.6. The van der Waals surface area contributed by atoms with Crippen molar-refractivity contribution >= 4 is 5.91 Å². The molecule has 1 aliphatic rings. The third-order valence-electron chi connectivity index (χ3n) is 3.99. The van der Waals surface area contributed by atoms with Gasteiger partial charge in [-0.2, -0.15) is 5.26 Å². The Bertz CT molecular complexity index is 315. The first-order valence-electron chi connectivity index (χ1n) is 6.99. The Hall–Kier alpha value is -1.08. The van der Waals surface area contributed by atoms with Crippen LogP contribution in [0.4, 0.5) is 0 Å². The summed E-state index contributed by atoms with van der Waals surface area (Å²) in [6.07, 6.45) is 2.90. The first-order chi connectivity index (χ1) is 8.59. The van der Waals surface area contributed by atoms with Crippen LogP contribution in [0.15, 0.2) is 0 Å². The zero-order chi connectivity index (χ0) is 13.6. The highest BCUT2D eigenvalue weighted by atomic mass is 16.2. The van der Waals surface area contributed by atoms with Gasteiger partial charge in [0.2, 0.25) is 5.91 Å². The molecule has 0 saturated carbocycles. The molecule has 0 aromatic rings. The molecule has 1 rings (SSSR count). The van der Waals surface area contributed by atoms with Crippen molar-refractivity contribution in [2.45, 2.75) is 40.0 Å². The van der Waals surface area contributed by atoms with Crippen molar-refractivity contribution in [1.29, 1.82) is 5.26 Å². The number of carbonyl (C=O) groups excluding carboxylic acids is 1. The zero-order valence-electron chi connectivity index (χ0n) is 11.8. The molecule has 1 saturated heterocycles. The maximum atomic E-state index is 12.7. The number of carbonyl (C=O) groups is 1. The summed E-state index contributed by atoms with van der Waals surface area (Å²) in [5, 5.41) is 12.2. The van der Waals surface area contributed by atoms with Gasteiger partial charge < -0.3 is 10.2 Å². The highest BCUT2D eigenvalue weighted by Crippen LogP contribution is 2.32. The Morgan fingerprint density at radius 1 is 1.56 bits per heavy atom. The van der Waals surface area contributed by atoms with E-state index in [2.05, 4.69) is 18.3 Å². The number of nitriles is 1. The van der Waals surface area contributed by atoms with Gasteiger partial charge in [-0.3, -0.25) is 4.79 Å². The summed E-state index contributed by atoms with van der Waals surface area (Å²) in [6.45, 7) is 8.97.